The van der Waals surface area contributed by atoms with E-state index in [0.717, 1.165) is 29.5 Å². The lowest BCUT2D eigenvalue weighted by molar-refractivity contribution is 0.0715. The van der Waals surface area contributed by atoms with E-state index in [9.17, 15) is 4.79 Å². The molecule has 1 aliphatic rings. The van der Waals surface area contributed by atoms with E-state index in [-0.39, 0.29) is 18.1 Å². The minimum atomic E-state index is -0.152. The molecule has 1 aromatic heterocycles. The molecule has 1 saturated heterocycles. The van der Waals surface area contributed by atoms with Gasteiger partial charge in [-0.05, 0) is 31.9 Å². The first-order valence-corrected chi connectivity index (χ1v) is 8.43. The molecule has 2 heterocycles. The Morgan fingerprint density at radius 2 is 2.29 bits per heavy atom. The molecule has 3 nitrogen and oxygen atoms in total. The molecule has 2 atom stereocenters. The highest BCUT2D eigenvalue weighted by Crippen LogP contribution is 2.36. The van der Waals surface area contributed by atoms with Crippen molar-refractivity contribution in [2.24, 2.45) is 0 Å². The highest BCUT2D eigenvalue weighted by atomic mass is 35.5. The lowest BCUT2D eigenvalue weighted by Gasteiger charge is -2.19. The normalized spacial score (nSPS) is 19.9. The number of fused-ring (bicyclic) bond motifs is 1. The Hall–Kier alpha value is -0.810. The van der Waals surface area contributed by atoms with Gasteiger partial charge in [0.05, 0.1) is 17.2 Å². The number of carbonyl (C=O) groups is 1. The van der Waals surface area contributed by atoms with E-state index in [4.69, 9.17) is 27.9 Å². The molecule has 1 fully saturated rings. The predicted molar refractivity (Wildman–Crippen MR) is 87.7 cm³/mol. The summed E-state index contributed by atoms with van der Waals surface area (Å²) in [6, 6.07) is 5.42. The first kappa shape index (κ1) is 15.1. The van der Waals surface area contributed by atoms with Crippen LogP contribution in [0, 0.1) is 0 Å². The van der Waals surface area contributed by atoms with Gasteiger partial charge in [-0.25, -0.2) is 0 Å². The topological polar surface area (TPSA) is 38.3 Å². The molecule has 0 unspecified atom stereocenters. The SMILES string of the molecule is C[C@@H](NC(=O)c1sc2cc(Cl)ccc2c1Cl)[C@H]1CCCO1. The second-order valence-corrected chi connectivity index (χ2v) is 7.07. The number of hydrogen-bond acceptors (Lipinski definition) is 3. The van der Waals surface area contributed by atoms with Crippen molar-refractivity contribution in [1.29, 1.82) is 0 Å². The molecule has 21 heavy (non-hydrogen) atoms. The van der Waals surface area contributed by atoms with Crippen LogP contribution in [0.1, 0.15) is 29.4 Å². The molecule has 2 aromatic rings. The van der Waals surface area contributed by atoms with E-state index in [0.29, 0.717) is 14.9 Å². The van der Waals surface area contributed by atoms with Crippen molar-refractivity contribution in [3.05, 3.63) is 33.1 Å². The molecule has 0 bridgehead atoms. The predicted octanol–water partition coefficient (Wildman–Crippen LogP) is 4.51. The molecule has 0 radical (unpaired) electrons. The number of ether oxygens (including phenoxy) is 1. The zero-order valence-electron chi connectivity index (χ0n) is 11.5. The summed E-state index contributed by atoms with van der Waals surface area (Å²) in [5.74, 6) is -0.152. The van der Waals surface area contributed by atoms with Crippen molar-refractivity contribution in [3.63, 3.8) is 0 Å². The van der Waals surface area contributed by atoms with Crippen LogP contribution in [0.5, 0.6) is 0 Å². The molecule has 0 saturated carbocycles. The van der Waals surface area contributed by atoms with Gasteiger partial charge in [0, 0.05) is 21.7 Å². The number of halogens is 2. The number of carbonyl (C=O) groups excluding carboxylic acids is 1. The molecule has 1 amide bonds. The van der Waals surface area contributed by atoms with Gasteiger partial charge in [-0.15, -0.1) is 11.3 Å². The van der Waals surface area contributed by atoms with Crippen LogP contribution in [-0.4, -0.2) is 24.7 Å². The average Bonchev–Trinajstić information content (AvgIpc) is 3.07. The maximum Gasteiger partial charge on any atom is 0.263 e. The van der Waals surface area contributed by atoms with Gasteiger partial charge in [0.25, 0.3) is 5.91 Å². The first-order valence-electron chi connectivity index (χ1n) is 6.86. The highest BCUT2D eigenvalue weighted by Gasteiger charge is 2.25. The quantitative estimate of drug-likeness (QED) is 0.890. The number of benzene rings is 1. The number of nitrogens with one attached hydrogen (secondary N) is 1. The van der Waals surface area contributed by atoms with Crippen molar-refractivity contribution in [2.75, 3.05) is 6.61 Å². The van der Waals surface area contributed by atoms with Gasteiger partial charge < -0.3 is 10.1 Å². The highest BCUT2D eigenvalue weighted by molar-refractivity contribution is 7.21. The van der Waals surface area contributed by atoms with E-state index < -0.39 is 0 Å². The van der Waals surface area contributed by atoms with Crippen molar-refractivity contribution < 1.29 is 9.53 Å². The number of thiophene rings is 1. The van der Waals surface area contributed by atoms with Crippen LogP contribution in [0.15, 0.2) is 18.2 Å². The molecule has 1 aromatic carbocycles. The van der Waals surface area contributed by atoms with E-state index in [2.05, 4.69) is 5.32 Å². The fourth-order valence-corrected chi connectivity index (χ4v) is 4.24. The van der Waals surface area contributed by atoms with Crippen molar-refractivity contribution in [3.8, 4) is 0 Å². The van der Waals surface area contributed by atoms with Gasteiger partial charge in [0.1, 0.15) is 4.88 Å². The second-order valence-electron chi connectivity index (χ2n) is 5.20. The van der Waals surface area contributed by atoms with E-state index in [1.165, 1.54) is 11.3 Å². The zero-order chi connectivity index (χ0) is 15.0. The van der Waals surface area contributed by atoms with Crippen molar-refractivity contribution in [2.45, 2.75) is 31.9 Å². The van der Waals surface area contributed by atoms with E-state index in [1.54, 1.807) is 6.07 Å². The minimum absolute atomic E-state index is 0.0233. The lowest BCUT2D eigenvalue weighted by atomic mass is 10.1. The fourth-order valence-electron chi connectivity index (χ4n) is 2.55. The Morgan fingerprint density at radius 1 is 1.48 bits per heavy atom. The van der Waals surface area contributed by atoms with Crippen LogP contribution in [-0.2, 0) is 4.74 Å². The lowest BCUT2D eigenvalue weighted by Crippen LogP contribution is -2.40. The van der Waals surface area contributed by atoms with Crippen LogP contribution in [0.3, 0.4) is 0 Å². The van der Waals surface area contributed by atoms with Crippen LogP contribution >= 0.6 is 34.5 Å². The monoisotopic (exact) mass is 343 g/mol. The minimum Gasteiger partial charge on any atom is -0.376 e. The van der Waals surface area contributed by atoms with Crippen molar-refractivity contribution >= 4 is 50.5 Å². The molecule has 6 heteroatoms. The van der Waals surface area contributed by atoms with E-state index in [1.807, 2.05) is 19.1 Å². The number of rotatable bonds is 3. The van der Waals surface area contributed by atoms with Crippen LogP contribution in [0.25, 0.3) is 10.1 Å². The zero-order valence-corrected chi connectivity index (χ0v) is 13.8. The Kier molecular flexibility index (Phi) is 4.41. The number of amides is 1. The first-order chi connectivity index (χ1) is 10.1. The Bertz CT molecular complexity index is 680. The summed E-state index contributed by atoms with van der Waals surface area (Å²) in [5, 5.41) is 4.97. The number of hydrogen-bond donors (Lipinski definition) is 1. The Labute approximate surface area is 137 Å². The van der Waals surface area contributed by atoms with Gasteiger partial charge >= 0.3 is 0 Å². The smallest absolute Gasteiger partial charge is 0.263 e. The molecule has 3 rings (SSSR count). The molecular weight excluding hydrogens is 329 g/mol. The van der Waals surface area contributed by atoms with Crippen LogP contribution in [0.4, 0.5) is 0 Å². The summed E-state index contributed by atoms with van der Waals surface area (Å²) in [6.07, 6.45) is 2.13. The third-order valence-corrected chi connectivity index (χ3v) is 5.57. The maximum absolute atomic E-state index is 12.4. The molecule has 112 valence electrons. The van der Waals surface area contributed by atoms with Gasteiger partial charge in [-0.3, -0.25) is 4.79 Å². The van der Waals surface area contributed by atoms with Crippen LogP contribution < -0.4 is 5.32 Å². The summed E-state index contributed by atoms with van der Waals surface area (Å²) < 4.78 is 6.51. The molecular formula is C15H15Cl2NO2S. The molecule has 1 aliphatic heterocycles. The maximum atomic E-state index is 12.4. The Balaban J connectivity index is 1.82. The fraction of sp³-hybridized carbons (Fsp3) is 0.400. The molecule has 0 spiro atoms. The van der Waals surface area contributed by atoms with E-state index >= 15 is 0 Å². The summed E-state index contributed by atoms with van der Waals surface area (Å²) in [6.45, 7) is 2.74. The summed E-state index contributed by atoms with van der Waals surface area (Å²) in [7, 11) is 0. The third-order valence-electron chi connectivity index (χ3n) is 3.68. The van der Waals surface area contributed by atoms with Gasteiger partial charge in [0.15, 0.2) is 0 Å². The summed E-state index contributed by atoms with van der Waals surface area (Å²) in [4.78, 5) is 12.9. The van der Waals surface area contributed by atoms with Crippen LogP contribution in [0.2, 0.25) is 10.0 Å². The molecule has 0 aliphatic carbocycles. The van der Waals surface area contributed by atoms with Gasteiger partial charge in [0.2, 0.25) is 0 Å². The summed E-state index contributed by atoms with van der Waals surface area (Å²) in [5.41, 5.74) is 0. The standard InChI is InChI=1S/C15H15Cl2NO2S/c1-8(11-3-2-6-20-11)18-15(19)14-13(17)10-5-4-9(16)7-12(10)21-14/h4-5,7-8,11H,2-3,6H2,1H3,(H,18,19)/t8-,11-/m1/s1. The van der Waals surface area contributed by atoms with Crippen molar-refractivity contribution in [1.82, 2.24) is 5.32 Å². The average molecular weight is 344 g/mol. The van der Waals surface area contributed by atoms with Gasteiger partial charge in [-0.2, -0.15) is 0 Å². The molecule has 1 N–H and O–H groups in total. The van der Waals surface area contributed by atoms with Gasteiger partial charge in [-0.1, -0.05) is 29.3 Å². The Morgan fingerprint density at radius 3 is 3.00 bits per heavy atom. The summed E-state index contributed by atoms with van der Waals surface area (Å²) >= 11 is 13.7. The second kappa shape index (κ2) is 6.13. The largest absolute Gasteiger partial charge is 0.376 e. The third kappa shape index (κ3) is 3.04.